The number of ether oxygens (including phenoxy) is 3. The summed E-state index contributed by atoms with van der Waals surface area (Å²) in [6.45, 7) is 4.14. The molecule has 0 rings (SSSR count). The molecule has 0 aromatic heterocycles. The van der Waals surface area contributed by atoms with Crippen LogP contribution in [0.5, 0.6) is 0 Å². The summed E-state index contributed by atoms with van der Waals surface area (Å²) < 4.78 is 15.1. The molecule has 0 spiro atoms. The standard InChI is InChI=1S/C15H30O4/c1-3-4-5-6-7-8-9-10-15(16)19-14-13-18-12-11-17-2/h3-14H2,1-2H3. The van der Waals surface area contributed by atoms with Crippen molar-refractivity contribution in [3.8, 4) is 0 Å². The van der Waals surface area contributed by atoms with Gasteiger partial charge in [0.15, 0.2) is 0 Å². The van der Waals surface area contributed by atoms with Crippen molar-refractivity contribution in [2.24, 2.45) is 0 Å². The molecular weight excluding hydrogens is 244 g/mol. The van der Waals surface area contributed by atoms with Gasteiger partial charge in [0, 0.05) is 13.5 Å². The summed E-state index contributed by atoms with van der Waals surface area (Å²) in [5.74, 6) is -0.108. The second-order valence-corrected chi connectivity index (χ2v) is 4.70. The third-order valence-electron chi connectivity index (χ3n) is 2.91. The van der Waals surface area contributed by atoms with E-state index in [0.717, 1.165) is 12.8 Å². The Balaban J connectivity index is 3.13. The zero-order valence-electron chi connectivity index (χ0n) is 12.6. The Labute approximate surface area is 117 Å². The summed E-state index contributed by atoms with van der Waals surface area (Å²) in [7, 11) is 1.63. The van der Waals surface area contributed by atoms with Crippen LogP contribution in [0.25, 0.3) is 0 Å². The largest absolute Gasteiger partial charge is 0.463 e. The fraction of sp³-hybridized carbons (Fsp3) is 0.933. The number of hydrogen-bond donors (Lipinski definition) is 0. The van der Waals surface area contributed by atoms with Crippen LogP contribution in [0, 0.1) is 0 Å². The number of methoxy groups -OCH3 is 1. The van der Waals surface area contributed by atoms with E-state index in [0.29, 0.717) is 32.8 Å². The highest BCUT2D eigenvalue weighted by molar-refractivity contribution is 5.69. The molecule has 0 aliphatic heterocycles. The lowest BCUT2D eigenvalue weighted by Crippen LogP contribution is -2.12. The van der Waals surface area contributed by atoms with Gasteiger partial charge in [0.25, 0.3) is 0 Å². The monoisotopic (exact) mass is 274 g/mol. The van der Waals surface area contributed by atoms with Crippen molar-refractivity contribution in [2.45, 2.75) is 58.3 Å². The molecule has 0 atom stereocenters. The van der Waals surface area contributed by atoms with Gasteiger partial charge >= 0.3 is 5.97 Å². The molecule has 0 N–H and O–H groups in total. The van der Waals surface area contributed by atoms with E-state index in [1.54, 1.807) is 7.11 Å². The zero-order chi connectivity index (χ0) is 14.2. The molecule has 4 heteroatoms. The fourth-order valence-electron chi connectivity index (χ4n) is 1.76. The summed E-state index contributed by atoms with van der Waals surface area (Å²) in [4.78, 5) is 11.4. The van der Waals surface area contributed by atoms with Crippen molar-refractivity contribution >= 4 is 5.97 Å². The molecule has 0 saturated carbocycles. The maximum Gasteiger partial charge on any atom is 0.305 e. The lowest BCUT2D eigenvalue weighted by molar-refractivity contribution is -0.145. The van der Waals surface area contributed by atoms with Crippen LogP contribution in [0.15, 0.2) is 0 Å². The maximum absolute atomic E-state index is 11.4. The maximum atomic E-state index is 11.4. The number of carbonyl (C=O) groups excluding carboxylic acids is 1. The first-order chi connectivity index (χ1) is 9.31. The van der Waals surface area contributed by atoms with Crippen LogP contribution in [0.1, 0.15) is 58.3 Å². The molecule has 4 nitrogen and oxygen atoms in total. The molecule has 0 fully saturated rings. The van der Waals surface area contributed by atoms with Crippen molar-refractivity contribution < 1.29 is 19.0 Å². The number of carbonyl (C=O) groups is 1. The highest BCUT2D eigenvalue weighted by Crippen LogP contribution is 2.08. The molecule has 0 heterocycles. The first-order valence-electron chi connectivity index (χ1n) is 7.53. The highest BCUT2D eigenvalue weighted by atomic mass is 16.6. The Morgan fingerprint density at radius 2 is 1.47 bits per heavy atom. The molecule has 19 heavy (non-hydrogen) atoms. The Morgan fingerprint density at radius 3 is 2.16 bits per heavy atom. The number of rotatable bonds is 14. The van der Waals surface area contributed by atoms with E-state index in [4.69, 9.17) is 14.2 Å². The van der Waals surface area contributed by atoms with Gasteiger partial charge in [-0.1, -0.05) is 45.4 Å². The van der Waals surface area contributed by atoms with Crippen molar-refractivity contribution in [1.29, 1.82) is 0 Å². The van der Waals surface area contributed by atoms with Gasteiger partial charge in [-0.05, 0) is 6.42 Å². The Bertz CT molecular complexity index is 195. The van der Waals surface area contributed by atoms with E-state index in [2.05, 4.69) is 6.92 Å². The fourth-order valence-corrected chi connectivity index (χ4v) is 1.76. The second kappa shape index (κ2) is 15.4. The molecule has 0 aromatic carbocycles. The van der Waals surface area contributed by atoms with Crippen molar-refractivity contribution in [3.63, 3.8) is 0 Å². The van der Waals surface area contributed by atoms with Crippen LogP contribution in [0.3, 0.4) is 0 Å². The minimum Gasteiger partial charge on any atom is -0.463 e. The summed E-state index contributed by atoms with van der Waals surface area (Å²) >= 11 is 0. The first kappa shape index (κ1) is 18.4. The molecule has 0 aromatic rings. The number of hydrogen-bond acceptors (Lipinski definition) is 4. The van der Waals surface area contributed by atoms with Crippen molar-refractivity contribution in [2.75, 3.05) is 33.5 Å². The van der Waals surface area contributed by atoms with E-state index in [1.807, 2.05) is 0 Å². The van der Waals surface area contributed by atoms with E-state index in [-0.39, 0.29) is 5.97 Å². The van der Waals surface area contributed by atoms with Crippen molar-refractivity contribution in [1.82, 2.24) is 0 Å². The third kappa shape index (κ3) is 15.3. The molecule has 0 radical (unpaired) electrons. The van der Waals surface area contributed by atoms with E-state index >= 15 is 0 Å². The van der Waals surface area contributed by atoms with Gasteiger partial charge < -0.3 is 14.2 Å². The molecule has 0 bridgehead atoms. The second-order valence-electron chi connectivity index (χ2n) is 4.70. The lowest BCUT2D eigenvalue weighted by Gasteiger charge is -2.06. The van der Waals surface area contributed by atoms with Gasteiger partial charge in [-0.25, -0.2) is 0 Å². The average molecular weight is 274 g/mol. The van der Waals surface area contributed by atoms with Gasteiger partial charge in [-0.3, -0.25) is 4.79 Å². The predicted octanol–water partition coefficient (Wildman–Crippen LogP) is 3.33. The van der Waals surface area contributed by atoms with Gasteiger partial charge in [0.05, 0.1) is 19.8 Å². The highest BCUT2D eigenvalue weighted by Gasteiger charge is 2.02. The molecule has 0 aliphatic rings. The van der Waals surface area contributed by atoms with Gasteiger partial charge in [0.2, 0.25) is 0 Å². The lowest BCUT2D eigenvalue weighted by atomic mass is 10.1. The van der Waals surface area contributed by atoms with E-state index in [1.165, 1.54) is 32.1 Å². The van der Waals surface area contributed by atoms with Crippen LogP contribution < -0.4 is 0 Å². The molecule has 0 aliphatic carbocycles. The topological polar surface area (TPSA) is 44.8 Å². The van der Waals surface area contributed by atoms with Crippen LogP contribution in [-0.4, -0.2) is 39.5 Å². The predicted molar refractivity (Wildman–Crippen MR) is 76.3 cm³/mol. The van der Waals surface area contributed by atoms with Crippen LogP contribution in [0.2, 0.25) is 0 Å². The Kier molecular flexibility index (Phi) is 15.0. The summed E-state index contributed by atoms with van der Waals surface area (Å²) in [6, 6.07) is 0. The molecule has 0 unspecified atom stereocenters. The molecule has 0 amide bonds. The van der Waals surface area contributed by atoms with Gasteiger partial charge in [-0.15, -0.1) is 0 Å². The summed E-state index contributed by atoms with van der Waals surface area (Å²) in [5.41, 5.74) is 0. The average Bonchev–Trinajstić information content (AvgIpc) is 2.41. The first-order valence-corrected chi connectivity index (χ1v) is 7.53. The molecule has 0 saturated heterocycles. The Morgan fingerprint density at radius 1 is 0.842 bits per heavy atom. The summed E-state index contributed by atoms with van der Waals surface area (Å²) in [5, 5.41) is 0. The SMILES string of the molecule is CCCCCCCCCC(=O)OCCOCCOC. The van der Waals surface area contributed by atoms with Crippen LogP contribution >= 0.6 is 0 Å². The van der Waals surface area contributed by atoms with Gasteiger partial charge in [-0.2, -0.15) is 0 Å². The normalized spacial score (nSPS) is 10.6. The quantitative estimate of drug-likeness (QED) is 0.360. The number of unbranched alkanes of at least 4 members (excludes halogenated alkanes) is 6. The van der Waals surface area contributed by atoms with E-state index in [9.17, 15) is 4.79 Å². The minimum atomic E-state index is -0.108. The van der Waals surface area contributed by atoms with Crippen LogP contribution in [0.4, 0.5) is 0 Å². The van der Waals surface area contributed by atoms with Gasteiger partial charge in [0.1, 0.15) is 6.61 Å². The smallest absolute Gasteiger partial charge is 0.305 e. The number of esters is 1. The minimum absolute atomic E-state index is 0.108. The summed E-state index contributed by atoms with van der Waals surface area (Å²) in [6.07, 6.45) is 9.04. The molecule has 114 valence electrons. The van der Waals surface area contributed by atoms with Crippen LogP contribution in [-0.2, 0) is 19.0 Å². The third-order valence-corrected chi connectivity index (χ3v) is 2.91. The Hall–Kier alpha value is -0.610. The van der Waals surface area contributed by atoms with Crippen molar-refractivity contribution in [3.05, 3.63) is 0 Å². The van der Waals surface area contributed by atoms with E-state index < -0.39 is 0 Å². The zero-order valence-corrected chi connectivity index (χ0v) is 12.6. The molecular formula is C15H30O4.